The van der Waals surface area contributed by atoms with Crippen LogP contribution in [-0.4, -0.2) is 4.98 Å². The average Bonchev–Trinajstić information content (AvgIpc) is 2.15. The third-order valence-corrected chi connectivity index (χ3v) is 2.30. The van der Waals surface area contributed by atoms with Crippen molar-refractivity contribution in [3.8, 4) is 0 Å². The molecule has 66 valence electrons. The summed E-state index contributed by atoms with van der Waals surface area (Å²) in [4.78, 5) is 4.30. The Balaban J connectivity index is 2.94. The molecular weight excluding hydrogens is 165 g/mol. The highest BCUT2D eigenvalue weighted by Gasteiger charge is 2.07. The molecule has 1 heterocycles. The van der Waals surface area contributed by atoms with Crippen molar-refractivity contribution in [1.82, 2.24) is 4.98 Å². The minimum absolute atomic E-state index is 0.150. The Kier molecular flexibility index (Phi) is 1.76. The lowest BCUT2D eigenvalue weighted by molar-refractivity contribution is 0.627. The predicted octanol–water partition coefficient (Wildman–Crippen LogP) is 2.99. The molecule has 0 saturated carbocycles. The molecule has 0 atom stereocenters. The molecule has 13 heavy (non-hydrogen) atoms. The fourth-order valence-electron chi connectivity index (χ4n) is 1.38. The Morgan fingerprint density at radius 3 is 2.62 bits per heavy atom. The third-order valence-electron chi connectivity index (χ3n) is 2.30. The van der Waals surface area contributed by atoms with Gasteiger partial charge in [0.05, 0.1) is 5.52 Å². The maximum Gasteiger partial charge on any atom is 0.137 e. The molecule has 2 heteroatoms. The molecule has 1 aromatic carbocycles. The Morgan fingerprint density at radius 1 is 1.15 bits per heavy atom. The van der Waals surface area contributed by atoms with E-state index in [-0.39, 0.29) is 5.82 Å². The third kappa shape index (κ3) is 1.18. The number of hydrogen-bond donors (Lipinski definition) is 0. The van der Waals surface area contributed by atoms with E-state index < -0.39 is 0 Å². The van der Waals surface area contributed by atoms with Crippen molar-refractivity contribution in [3.63, 3.8) is 0 Å². The smallest absolute Gasteiger partial charge is 0.137 e. The Morgan fingerprint density at radius 2 is 1.85 bits per heavy atom. The Labute approximate surface area is 76.2 Å². The summed E-state index contributed by atoms with van der Waals surface area (Å²) in [5.74, 6) is -0.150. The van der Waals surface area contributed by atoms with Crippen molar-refractivity contribution >= 4 is 10.9 Å². The SMILES string of the molecule is Cc1nc2ccccc2c(F)c1C. The van der Waals surface area contributed by atoms with Crippen LogP contribution in [0, 0.1) is 19.7 Å². The second kappa shape index (κ2) is 2.80. The maximum absolute atomic E-state index is 13.6. The van der Waals surface area contributed by atoms with Crippen LogP contribution in [0.25, 0.3) is 10.9 Å². The monoisotopic (exact) mass is 175 g/mol. The van der Waals surface area contributed by atoms with E-state index >= 15 is 0 Å². The van der Waals surface area contributed by atoms with E-state index in [1.165, 1.54) is 0 Å². The molecule has 0 saturated heterocycles. The number of hydrogen-bond acceptors (Lipinski definition) is 1. The molecule has 1 aromatic heterocycles. The van der Waals surface area contributed by atoms with Gasteiger partial charge in [0.2, 0.25) is 0 Å². The van der Waals surface area contributed by atoms with Gasteiger partial charge in [0, 0.05) is 16.6 Å². The highest BCUT2D eigenvalue weighted by atomic mass is 19.1. The van der Waals surface area contributed by atoms with E-state index in [9.17, 15) is 4.39 Å². The van der Waals surface area contributed by atoms with Crippen LogP contribution < -0.4 is 0 Å². The van der Waals surface area contributed by atoms with Crippen LogP contribution in [0.1, 0.15) is 11.3 Å². The zero-order valence-corrected chi connectivity index (χ0v) is 7.63. The van der Waals surface area contributed by atoms with Crippen LogP contribution in [0.4, 0.5) is 4.39 Å². The molecule has 1 nitrogen and oxygen atoms in total. The molecule has 0 spiro atoms. The molecule has 0 radical (unpaired) electrons. The Hall–Kier alpha value is -1.44. The van der Waals surface area contributed by atoms with E-state index in [1.54, 1.807) is 13.0 Å². The van der Waals surface area contributed by atoms with Crippen LogP contribution in [0.2, 0.25) is 0 Å². The maximum atomic E-state index is 13.6. The molecule has 2 aromatic rings. The molecule has 0 N–H and O–H groups in total. The summed E-state index contributed by atoms with van der Waals surface area (Å²) in [5, 5.41) is 0.602. The molecule has 0 bridgehead atoms. The predicted molar refractivity (Wildman–Crippen MR) is 51.2 cm³/mol. The van der Waals surface area contributed by atoms with Gasteiger partial charge in [-0.05, 0) is 26.0 Å². The summed E-state index contributed by atoms with van der Waals surface area (Å²) in [5.41, 5.74) is 2.12. The van der Waals surface area contributed by atoms with Crippen molar-refractivity contribution in [2.75, 3.05) is 0 Å². The number of benzene rings is 1. The van der Waals surface area contributed by atoms with Crippen LogP contribution in [0.5, 0.6) is 0 Å². The average molecular weight is 175 g/mol. The number of nitrogens with zero attached hydrogens (tertiary/aromatic N) is 1. The second-order valence-electron chi connectivity index (χ2n) is 3.15. The zero-order chi connectivity index (χ0) is 9.42. The first-order valence-electron chi connectivity index (χ1n) is 4.21. The van der Waals surface area contributed by atoms with Gasteiger partial charge in [-0.3, -0.25) is 4.98 Å². The molecule has 0 aliphatic rings. The lowest BCUT2D eigenvalue weighted by Gasteiger charge is -2.04. The van der Waals surface area contributed by atoms with E-state index in [0.717, 1.165) is 11.2 Å². The summed E-state index contributed by atoms with van der Waals surface area (Å²) >= 11 is 0. The summed E-state index contributed by atoms with van der Waals surface area (Å²) in [7, 11) is 0. The van der Waals surface area contributed by atoms with Crippen LogP contribution in [0.3, 0.4) is 0 Å². The van der Waals surface area contributed by atoms with Gasteiger partial charge in [0.25, 0.3) is 0 Å². The number of pyridine rings is 1. The van der Waals surface area contributed by atoms with E-state index in [1.807, 2.05) is 25.1 Å². The molecule has 2 rings (SSSR count). The lowest BCUT2D eigenvalue weighted by atomic mass is 10.1. The first-order valence-corrected chi connectivity index (χ1v) is 4.21. The van der Waals surface area contributed by atoms with Gasteiger partial charge < -0.3 is 0 Å². The summed E-state index contributed by atoms with van der Waals surface area (Å²) in [6.45, 7) is 3.58. The van der Waals surface area contributed by atoms with Crippen molar-refractivity contribution < 1.29 is 4.39 Å². The number of halogens is 1. The van der Waals surface area contributed by atoms with Gasteiger partial charge in [-0.2, -0.15) is 0 Å². The minimum Gasteiger partial charge on any atom is -0.253 e. The number of aromatic nitrogens is 1. The van der Waals surface area contributed by atoms with Crippen LogP contribution in [0.15, 0.2) is 24.3 Å². The van der Waals surface area contributed by atoms with Crippen LogP contribution >= 0.6 is 0 Å². The summed E-state index contributed by atoms with van der Waals surface area (Å²) in [6.07, 6.45) is 0. The topological polar surface area (TPSA) is 12.9 Å². The van der Waals surface area contributed by atoms with Crippen molar-refractivity contribution in [2.45, 2.75) is 13.8 Å². The fourth-order valence-corrected chi connectivity index (χ4v) is 1.38. The minimum atomic E-state index is -0.150. The molecule has 0 unspecified atom stereocenters. The number of para-hydroxylation sites is 1. The Bertz CT molecular complexity index is 463. The molecule has 0 fully saturated rings. The highest BCUT2D eigenvalue weighted by molar-refractivity contribution is 5.80. The fraction of sp³-hybridized carbons (Fsp3) is 0.182. The normalized spacial score (nSPS) is 10.7. The summed E-state index contributed by atoms with van der Waals surface area (Å²) < 4.78 is 13.6. The summed E-state index contributed by atoms with van der Waals surface area (Å²) in [6, 6.07) is 7.26. The van der Waals surface area contributed by atoms with Gasteiger partial charge in [0.15, 0.2) is 0 Å². The standard InChI is InChI=1S/C11H10FN/c1-7-8(2)13-10-6-4-3-5-9(10)11(7)12/h3-6H,1-2H3. The first-order chi connectivity index (χ1) is 6.20. The molecule has 0 amide bonds. The molecular formula is C11H10FN. The number of fused-ring (bicyclic) bond motifs is 1. The van der Waals surface area contributed by atoms with Gasteiger partial charge in [-0.15, -0.1) is 0 Å². The van der Waals surface area contributed by atoms with Gasteiger partial charge in [-0.1, -0.05) is 12.1 Å². The quantitative estimate of drug-likeness (QED) is 0.599. The number of rotatable bonds is 0. The van der Waals surface area contributed by atoms with Gasteiger partial charge in [-0.25, -0.2) is 4.39 Å². The highest BCUT2D eigenvalue weighted by Crippen LogP contribution is 2.20. The first kappa shape index (κ1) is 8.17. The van der Waals surface area contributed by atoms with Crippen LogP contribution in [-0.2, 0) is 0 Å². The van der Waals surface area contributed by atoms with Gasteiger partial charge >= 0.3 is 0 Å². The van der Waals surface area contributed by atoms with Crippen molar-refractivity contribution in [3.05, 3.63) is 41.3 Å². The lowest BCUT2D eigenvalue weighted by Crippen LogP contribution is -1.93. The van der Waals surface area contributed by atoms with Crippen molar-refractivity contribution in [1.29, 1.82) is 0 Å². The largest absolute Gasteiger partial charge is 0.253 e. The zero-order valence-electron chi connectivity index (χ0n) is 7.63. The molecule has 0 aliphatic carbocycles. The number of aryl methyl sites for hydroxylation is 1. The van der Waals surface area contributed by atoms with Gasteiger partial charge in [0.1, 0.15) is 5.82 Å². The van der Waals surface area contributed by atoms with E-state index in [0.29, 0.717) is 10.9 Å². The van der Waals surface area contributed by atoms with Crippen molar-refractivity contribution in [2.24, 2.45) is 0 Å². The second-order valence-corrected chi connectivity index (χ2v) is 3.15. The van der Waals surface area contributed by atoms with E-state index in [4.69, 9.17) is 0 Å². The molecule has 0 aliphatic heterocycles. The van der Waals surface area contributed by atoms with E-state index in [2.05, 4.69) is 4.98 Å².